The van der Waals surface area contributed by atoms with Gasteiger partial charge in [0.05, 0.1) is 5.69 Å². The van der Waals surface area contributed by atoms with Gasteiger partial charge in [0.2, 0.25) is 0 Å². The molecule has 0 radical (unpaired) electrons. The third-order valence-electron chi connectivity index (χ3n) is 1.98. The van der Waals surface area contributed by atoms with Gasteiger partial charge in [-0.25, -0.2) is 4.98 Å². The normalized spacial score (nSPS) is 10.3. The molecule has 0 saturated carbocycles. The molecule has 0 amide bonds. The summed E-state index contributed by atoms with van der Waals surface area (Å²) in [5, 5.41) is 6.19. The number of anilines is 2. The number of benzene rings is 1. The minimum atomic E-state index is 0.552. The predicted octanol–water partition coefficient (Wildman–Crippen LogP) is 3.93. The Bertz CT molecular complexity index is 436. The van der Waals surface area contributed by atoms with E-state index in [1.807, 2.05) is 36.6 Å². The Morgan fingerprint density at radius 2 is 2.07 bits per heavy atom. The zero-order chi connectivity index (χ0) is 10.7. The number of thiazole rings is 1. The minimum Gasteiger partial charge on any atom is -0.332 e. The van der Waals surface area contributed by atoms with Gasteiger partial charge in [-0.15, -0.1) is 22.9 Å². The fourth-order valence-corrected chi connectivity index (χ4v) is 2.10. The van der Waals surface area contributed by atoms with E-state index < -0.39 is 0 Å². The molecule has 2 nitrogen and oxygen atoms in total. The van der Waals surface area contributed by atoms with Crippen LogP contribution in [0.4, 0.5) is 10.8 Å². The number of nitrogens with zero attached hydrogens (tertiary/aromatic N) is 1. The first-order valence-corrected chi connectivity index (χ1v) is 6.03. The maximum absolute atomic E-state index is 5.71. The lowest BCUT2D eigenvalue weighted by molar-refractivity contribution is 1.26. The summed E-state index contributed by atoms with van der Waals surface area (Å²) in [5.41, 5.74) is 3.20. The molecule has 4 heteroatoms. The van der Waals surface area contributed by atoms with Crippen molar-refractivity contribution in [2.45, 2.75) is 12.8 Å². The molecular weight excluding hydrogens is 228 g/mol. The van der Waals surface area contributed by atoms with Gasteiger partial charge in [0.15, 0.2) is 5.13 Å². The number of hydrogen-bond acceptors (Lipinski definition) is 3. The van der Waals surface area contributed by atoms with E-state index in [2.05, 4.69) is 10.3 Å². The smallest absolute Gasteiger partial charge is 0.187 e. The van der Waals surface area contributed by atoms with Gasteiger partial charge in [0.25, 0.3) is 0 Å². The van der Waals surface area contributed by atoms with Gasteiger partial charge in [-0.05, 0) is 24.6 Å². The number of halogens is 1. The summed E-state index contributed by atoms with van der Waals surface area (Å²) in [6.07, 6.45) is 0. The van der Waals surface area contributed by atoms with Crippen LogP contribution in [-0.2, 0) is 5.88 Å². The first-order chi connectivity index (χ1) is 7.28. The number of aryl methyl sites for hydroxylation is 1. The van der Waals surface area contributed by atoms with Gasteiger partial charge in [-0.3, -0.25) is 0 Å². The minimum absolute atomic E-state index is 0.552. The molecule has 1 heterocycles. The lowest BCUT2D eigenvalue weighted by Gasteiger charge is -2.02. The topological polar surface area (TPSA) is 24.9 Å². The van der Waals surface area contributed by atoms with Crippen LogP contribution in [0.15, 0.2) is 29.6 Å². The summed E-state index contributed by atoms with van der Waals surface area (Å²) >= 11 is 7.32. The van der Waals surface area contributed by atoms with Crippen LogP contribution in [0.2, 0.25) is 0 Å². The summed E-state index contributed by atoms with van der Waals surface area (Å²) in [6.45, 7) is 1.98. The van der Waals surface area contributed by atoms with Crippen molar-refractivity contribution in [2.24, 2.45) is 0 Å². The van der Waals surface area contributed by atoms with E-state index in [1.165, 1.54) is 0 Å². The van der Waals surface area contributed by atoms with E-state index in [9.17, 15) is 0 Å². The van der Waals surface area contributed by atoms with Crippen molar-refractivity contribution in [1.82, 2.24) is 4.98 Å². The Labute approximate surface area is 97.9 Å². The average molecular weight is 239 g/mol. The van der Waals surface area contributed by atoms with E-state index in [4.69, 9.17) is 11.6 Å². The molecule has 0 fully saturated rings. The first-order valence-electron chi connectivity index (χ1n) is 4.62. The summed E-state index contributed by atoms with van der Waals surface area (Å²) in [6, 6.07) is 8.04. The molecule has 78 valence electrons. The Morgan fingerprint density at radius 3 is 2.60 bits per heavy atom. The summed E-state index contributed by atoms with van der Waals surface area (Å²) in [4.78, 5) is 4.33. The van der Waals surface area contributed by atoms with Crippen molar-refractivity contribution in [1.29, 1.82) is 0 Å². The van der Waals surface area contributed by atoms with E-state index in [0.717, 1.165) is 22.1 Å². The van der Waals surface area contributed by atoms with Crippen LogP contribution >= 0.6 is 22.9 Å². The lowest BCUT2D eigenvalue weighted by atomic mass is 10.2. The van der Waals surface area contributed by atoms with E-state index in [1.54, 1.807) is 11.3 Å². The van der Waals surface area contributed by atoms with E-state index >= 15 is 0 Å². The lowest BCUT2D eigenvalue weighted by Crippen LogP contribution is -1.89. The molecular formula is C11H11ClN2S. The first kappa shape index (κ1) is 10.5. The Hall–Kier alpha value is -1.06. The van der Waals surface area contributed by atoms with Crippen molar-refractivity contribution in [2.75, 3.05) is 5.32 Å². The van der Waals surface area contributed by atoms with Crippen LogP contribution in [0.25, 0.3) is 0 Å². The molecule has 15 heavy (non-hydrogen) atoms. The highest BCUT2D eigenvalue weighted by Crippen LogP contribution is 2.20. The van der Waals surface area contributed by atoms with Gasteiger partial charge in [0.1, 0.15) is 0 Å². The van der Waals surface area contributed by atoms with Gasteiger partial charge < -0.3 is 5.32 Å². The zero-order valence-corrected chi connectivity index (χ0v) is 9.90. The van der Waals surface area contributed by atoms with Crippen LogP contribution in [-0.4, -0.2) is 4.98 Å². The van der Waals surface area contributed by atoms with Crippen molar-refractivity contribution < 1.29 is 0 Å². The molecule has 0 aliphatic rings. The Balaban J connectivity index is 2.11. The highest BCUT2D eigenvalue weighted by molar-refractivity contribution is 7.13. The summed E-state index contributed by atoms with van der Waals surface area (Å²) in [5.74, 6) is 0.552. The molecule has 0 bridgehead atoms. The molecule has 0 aliphatic carbocycles. The Morgan fingerprint density at radius 1 is 1.33 bits per heavy atom. The molecule has 1 N–H and O–H groups in total. The second-order valence-electron chi connectivity index (χ2n) is 3.25. The molecule has 0 unspecified atom stereocenters. The standard InChI is InChI=1S/C11H11ClN2S/c1-8-7-15-11(13-8)14-10-4-2-9(6-12)3-5-10/h2-5,7H,6H2,1H3,(H,13,14). The highest BCUT2D eigenvalue weighted by atomic mass is 35.5. The van der Waals surface area contributed by atoms with Gasteiger partial charge in [0, 0.05) is 16.9 Å². The summed E-state index contributed by atoms with van der Waals surface area (Å²) < 4.78 is 0. The van der Waals surface area contributed by atoms with Crippen molar-refractivity contribution >= 4 is 33.8 Å². The van der Waals surface area contributed by atoms with Gasteiger partial charge in [-0.2, -0.15) is 0 Å². The van der Waals surface area contributed by atoms with E-state index in [-0.39, 0.29) is 0 Å². The SMILES string of the molecule is Cc1csc(Nc2ccc(CCl)cc2)n1. The van der Waals surface area contributed by atoms with Gasteiger partial charge >= 0.3 is 0 Å². The molecule has 2 aromatic rings. The number of hydrogen-bond donors (Lipinski definition) is 1. The van der Waals surface area contributed by atoms with Gasteiger partial charge in [-0.1, -0.05) is 12.1 Å². The fourth-order valence-electron chi connectivity index (χ4n) is 1.21. The maximum Gasteiger partial charge on any atom is 0.187 e. The fraction of sp³-hybridized carbons (Fsp3) is 0.182. The second-order valence-corrected chi connectivity index (χ2v) is 4.37. The second kappa shape index (κ2) is 4.64. The molecule has 0 saturated heterocycles. The highest BCUT2D eigenvalue weighted by Gasteiger charge is 1.98. The maximum atomic E-state index is 5.71. The van der Waals surface area contributed by atoms with Crippen molar-refractivity contribution in [3.63, 3.8) is 0 Å². The predicted molar refractivity (Wildman–Crippen MR) is 66.1 cm³/mol. The third kappa shape index (κ3) is 2.70. The zero-order valence-electron chi connectivity index (χ0n) is 8.33. The van der Waals surface area contributed by atoms with Crippen molar-refractivity contribution in [3.05, 3.63) is 40.9 Å². The molecule has 0 atom stereocenters. The average Bonchev–Trinajstić information content (AvgIpc) is 2.65. The quantitative estimate of drug-likeness (QED) is 0.820. The van der Waals surface area contributed by atoms with Crippen molar-refractivity contribution in [3.8, 4) is 0 Å². The number of rotatable bonds is 3. The number of alkyl halides is 1. The third-order valence-corrected chi connectivity index (χ3v) is 3.16. The largest absolute Gasteiger partial charge is 0.332 e. The van der Waals surface area contributed by atoms with Crippen LogP contribution in [0.3, 0.4) is 0 Å². The van der Waals surface area contributed by atoms with Crippen LogP contribution in [0.1, 0.15) is 11.3 Å². The number of aromatic nitrogens is 1. The Kier molecular flexibility index (Phi) is 3.23. The molecule has 0 aliphatic heterocycles. The monoisotopic (exact) mass is 238 g/mol. The molecule has 1 aromatic carbocycles. The number of nitrogens with one attached hydrogen (secondary N) is 1. The summed E-state index contributed by atoms with van der Waals surface area (Å²) in [7, 11) is 0. The van der Waals surface area contributed by atoms with Crippen LogP contribution in [0.5, 0.6) is 0 Å². The van der Waals surface area contributed by atoms with Crippen LogP contribution in [0, 0.1) is 6.92 Å². The van der Waals surface area contributed by atoms with Crippen LogP contribution < -0.4 is 5.32 Å². The molecule has 1 aromatic heterocycles. The molecule has 2 rings (SSSR count). The molecule has 0 spiro atoms. The van der Waals surface area contributed by atoms with E-state index in [0.29, 0.717) is 5.88 Å².